The van der Waals surface area contributed by atoms with Crippen LogP contribution in [0.5, 0.6) is 0 Å². The number of nitrogens with one attached hydrogen (secondary N) is 1. The standard InChI is InChI=1S/C14H20BrN5S/c1-4-8-16-13-17-12(11-10(15)7-9-21-11)18-14(19-13)20(5-2)6-3/h7,9H,4-6,8H2,1-3H3,(H,16,17,18,19). The summed E-state index contributed by atoms with van der Waals surface area (Å²) in [5.74, 6) is 2.08. The van der Waals surface area contributed by atoms with E-state index in [1.54, 1.807) is 11.3 Å². The fourth-order valence-electron chi connectivity index (χ4n) is 1.88. The molecule has 2 aromatic heterocycles. The number of aromatic nitrogens is 3. The van der Waals surface area contributed by atoms with Crippen molar-refractivity contribution in [3.05, 3.63) is 15.9 Å². The summed E-state index contributed by atoms with van der Waals surface area (Å²) in [5, 5.41) is 5.29. The first-order valence-electron chi connectivity index (χ1n) is 7.17. The molecule has 114 valence electrons. The second-order valence-corrected chi connectivity index (χ2v) is 6.25. The van der Waals surface area contributed by atoms with E-state index in [4.69, 9.17) is 0 Å². The topological polar surface area (TPSA) is 53.9 Å². The first-order chi connectivity index (χ1) is 10.2. The molecule has 2 heterocycles. The summed E-state index contributed by atoms with van der Waals surface area (Å²) in [6, 6.07) is 2.01. The molecule has 5 nitrogen and oxygen atoms in total. The van der Waals surface area contributed by atoms with Gasteiger partial charge in [0.15, 0.2) is 5.82 Å². The van der Waals surface area contributed by atoms with Crippen molar-refractivity contribution in [1.82, 2.24) is 15.0 Å². The Balaban J connectivity index is 2.44. The van der Waals surface area contributed by atoms with Crippen molar-refractivity contribution in [3.8, 4) is 10.7 Å². The van der Waals surface area contributed by atoms with Crippen LogP contribution in [-0.4, -0.2) is 34.6 Å². The Hall–Kier alpha value is -1.21. The largest absolute Gasteiger partial charge is 0.354 e. The normalized spacial score (nSPS) is 10.7. The van der Waals surface area contributed by atoms with Crippen molar-refractivity contribution in [1.29, 1.82) is 0 Å². The second kappa shape index (κ2) is 7.70. The zero-order valence-electron chi connectivity index (χ0n) is 12.6. The Morgan fingerprint density at radius 2 is 1.95 bits per heavy atom. The van der Waals surface area contributed by atoms with E-state index in [1.165, 1.54) is 0 Å². The van der Waals surface area contributed by atoms with E-state index in [1.807, 2.05) is 11.4 Å². The quantitative estimate of drug-likeness (QED) is 0.798. The van der Waals surface area contributed by atoms with Gasteiger partial charge in [0.25, 0.3) is 0 Å². The van der Waals surface area contributed by atoms with Crippen LogP contribution >= 0.6 is 27.3 Å². The van der Waals surface area contributed by atoms with Crippen LogP contribution in [0.2, 0.25) is 0 Å². The molecule has 2 rings (SSSR count). The zero-order chi connectivity index (χ0) is 15.2. The molecule has 7 heteroatoms. The molecule has 2 aromatic rings. The third-order valence-corrected chi connectivity index (χ3v) is 4.86. The van der Waals surface area contributed by atoms with Crippen molar-refractivity contribution in [3.63, 3.8) is 0 Å². The monoisotopic (exact) mass is 369 g/mol. The fraction of sp³-hybridized carbons (Fsp3) is 0.500. The molecule has 0 saturated carbocycles. The maximum absolute atomic E-state index is 4.63. The molecule has 0 saturated heterocycles. The van der Waals surface area contributed by atoms with Crippen LogP contribution in [0.25, 0.3) is 10.7 Å². The minimum absolute atomic E-state index is 0.643. The Bertz CT molecular complexity index is 582. The highest BCUT2D eigenvalue weighted by molar-refractivity contribution is 9.10. The van der Waals surface area contributed by atoms with Gasteiger partial charge in [-0.25, -0.2) is 0 Å². The lowest BCUT2D eigenvalue weighted by Gasteiger charge is -2.19. The van der Waals surface area contributed by atoms with Crippen LogP contribution in [0.4, 0.5) is 11.9 Å². The zero-order valence-corrected chi connectivity index (χ0v) is 15.0. The van der Waals surface area contributed by atoms with Crippen LogP contribution in [0.15, 0.2) is 15.9 Å². The average molecular weight is 370 g/mol. The highest BCUT2D eigenvalue weighted by atomic mass is 79.9. The van der Waals surface area contributed by atoms with Gasteiger partial charge in [0.1, 0.15) is 0 Å². The van der Waals surface area contributed by atoms with Crippen LogP contribution in [0, 0.1) is 0 Å². The van der Waals surface area contributed by atoms with Gasteiger partial charge in [-0.3, -0.25) is 0 Å². The second-order valence-electron chi connectivity index (χ2n) is 4.48. The summed E-state index contributed by atoms with van der Waals surface area (Å²) in [5.41, 5.74) is 0. The van der Waals surface area contributed by atoms with E-state index < -0.39 is 0 Å². The maximum atomic E-state index is 4.63. The van der Waals surface area contributed by atoms with Crippen molar-refractivity contribution in [2.75, 3.05) is 29.9 Å². The van der Waals surface area contributed by atoms with E-state index in [0.29, 0.717) is 11.8 Å². The molecular weight excluding hydrogens is 350 g/mol. The molecule has 21 heavy (non-hydrogen) atoms. The van der Waals surface area contributed by atoms with Gasteiger partial charge >= 0.3 is 0 Å². The van der Waals surface area contributed by atoms with E-state index in [9.17, 15) is 0 Å². The van der Waals surface area contributed by atoms with E-state index >= 15 is 0 Å². The summed E-state index contributed by atoms with van der Waals surface area (Å²) in [6.07, 6.45) is 1.03. The SMILES string of the molecule is CCCNc1nc(-c2sccc2Br)nc(N(CC)CC)n1. The molecule has 0 amide bonds. The van der Waals surface area contributed by atoms with Gasteiger partial charge in [-0.2, -0.15) is 15.0 Å². The number of rotatable bonds is 7. The maximum Gasteiger partial charge on any atom is 0.230 e. The van der Waals surface area contributed by atoms with Crippen LogP contribution in [0.3, 0.4) is 0 Å². The molecule has 0 radical (unpaired) electrons. The lowest BCUT2D eigenvalue weighted by Crippen LogP contribution is -2.25. The summed E-state index contributed by atoms with van der Waals surface area (Å²) in [7, 11) is 0. The molecule has 0 spiro atoms. The molecule has 1 N–H and O–H groups in total. The van der Waals surface area contributed by atoms with Gasteiger partial charge in [0.2, 0.25) is 11.9 Å². The predicted molar refractivity (Wildman–Crippen MR) is 93.2 cm³/mol. The highest BCUT2D eigenvalue weighted by Crippen LogP contribution is 2.32. The number of halogens is 1. The van der Waals surface area contributed by atoms with Gasteiger partial charge in [-0.15, -0.1) is 11.3 Å². The first-order valence-corrected chi connectivity index (χ1v) is 8.85. The van der Waals surface area contributed by atoms with Gasteiger partial charge in [-0.1, -0.05) is 6.92 Å². The van der Waals surface area contributed by atoms with Crippen LogP contribution in [-0.2, 0) is 0 Å². The molecule has 0 aliphatic heterocycles. The molecule has 0 aromatic carbocycles. The molecule has 0 bridgehead atoms. The molecule has 0 fully saturated rings. The van der Waals surface area contributed by atoms with Crippen molar-refractivity contribution in [2.24, 2.45) is 0 Å². The number of hydrogen-bond acceptors (Lipinski definition) is 6. The van der Waals surface area contributed by atoms with E-state index in [-0.39, 0.29) is 0 Å². The van der Waals surface area contributed by atoms with Gasteiger partial charge in [-0.05, 0) is 47.6 Å². The van der Waals surface area contributed by atoms with Gasteiger partial charge < -0.3 is 10.2 Å². The number of anilines is 2. The Morgan fingerprint density at radius 1 is 1.19 bits per heavy atom. The number of nitrogens with zero attached hydrogens (tertiary/aromatic N) is 4. The Kier molecular flexibility index (Phi) is 5.93. The van der Waals surface area contributed by atoms with E-state index in [0.717, 1.165) is 41.4 Å². The minimum atomic E-state index is 0.643. The van der Waals surface area contributed by atoms with Crippen LogP contribution in [0.1, 0.15) is 27.2 Å². The molecule has 0 aliphatic carbocycles. The molecule has 0 atom stereocenters. The van der Waals surface area contributed by atoms with Crippen LogP contribution < -0.4 is 10.2 Å². The Labute approximate surface area is 138 Å². The first kappa shape index (κ1) is 16.2. The fourth-order valence-corrected chi connectivity index (χ4v) is 3.37. The van der Waals surface area contributed by atoms with Gasteiger partial charge in [0, 0.05) is 24.1 Å². The molecule has 0 aliphatic rings. The molecular formula is C14H20BrN5S. The summed E-state index contributed by atoms with van der Waals surface area (Å²) in [4.78, 5) is 16.9. The van der Waals surface area contributed by atoms with Crippen molar-refractivity contribution in [2.45, 2.75) is 27.2 Å². The third kappa shape index (κ3) is 3.91. The number of thiophene rings is 1. The summed E-state index contributed by atoms with van der Waals surface area (Å²) in [6.45, 7) is 8.93. The smallest absolute Gasteiger partial charge is 0.230 e. The van der Waals surface area contributed by atoms with Gasteiger partial charge in [0.05, 0.1) is 4.88 Å². The Morgan fingerprint density at radius 3 is 2.52 bits per heavy atom. The highest BCUT2D eigenvalue weighted by Gasteiger charge is 2.15. The minimum Gasteiger partial charge on any atom is -0.354 e. The lowest BCUT2D eigenvalue weighted by molar-refractivity contribution is 0.812. The van der Waals surface area contributed by atoms with Crippen molar-refractivity contribution >= 4 is 39.2 Å². The molecule has 0 unspecified atom stereocenters. The van der Waals surface area contributed by atoms with Crippen molar-refractivity contribution < 1.29 is 0 Å². The summed E-state index contributed by atoms with van der Waals surface area (Å²) < 4.78 is 1.02. The average Bonchev–Trinajstić information content (AvgIpc) is 2.92. The number of hydrogen-bond donors (Lipinski definition) is 1. The van der Waals surface area contributed by atoms with E-state index in [2.05, 4.69) is 61.9 Å². The lowest BCUT2D eigenvalue weighted by atomic mass is 10.4. The predicted octanol–water partition coefficient (Wildman–Crippen LogP) is 4.03. The third-order valence-electron chi connectivity index (χ3n) is 3.02. The summed E-state index contributed by atoms with van der Waals surface area (Å²) >= 11 is 5.18.